The Hall–Kier alpha value is -2.60. The highest BCUT2D eigenvalue weighted by atomic mass is 19.1. The Balaban J connectivity index is 1.24. The minimum absolute atomic E-state index is 0.102. The molecule has 2 aromatic carbocycles. The van der Waals surface area contributed by atoms with E-state index < -0.39 is 0 Å². The minimum Gasteiger partial charge on any atom is -0.371 e. The molecular weight excluding hydrogens is 379 g/mol. The number of carbonyl (C=O) groups is 1. The number of urea groups is 1. The zero-order valence-electron chi connectivity index (χ0n) is 17.4. The Morgan fingerprint density at radius 1 is 1.00 bits per heavy atom. The molecule has 2 amide bonds. The molecule has 5 nitrogen and oxygen atoms in total. The lowest BCUT2D eigenvalue weighted by molar-refractivity contribution is 0.220. The number of benzene rings is 2. The standard InChI is InChI=1S/C24H31FN4O/c25-21-8-10-22(11-9-21)29-15-12-19(18-29)16-26-24(30)27-17-23(28-13-4-5-14-28)20-6-2-1-3-7-20/h1-3,6-11,19,23H,4-5,12-18H2,(H2,26,27,30)/t19-,23+/m1/s1. The van der Waals surface area contributed by atoms with E-state index in [1.807, 2.05) is 18.2 Å². The zero-order chi connectivity index (χ0) is 20.8. The van der Waals surface area contributed by atoms with Gasteiger partial charge in [0.15, 0.2) is 0 Å². The normalized spacial score (nSPS) is 20.3. The summed E-state index contributed by atoms with van der Waals surface area (Å²) in [6, 6.07) is 17.2. The van der Waals surface area contributed by atoms with Crippen molar-refractivity contribution in [2.75, 3.05) is 44.2 Å². The summed E-state index contributed by atoms with van der Waals surface area (Å²) in [5.74, 6) is 0.194. The van der Waals surface area contributed by atoms with Gasteiger partial charge in [-0.05, 0) is 68.1 Å². The van der Waals surface area contributed by atoms with Crippen molar-refractivity contribution in [1.29, 1.82) is 0 Å². The Morgan fingerprint density at radius 2 is 1.73 bits per heavy atom. The quantitative estimate of drug-likeness (QED) is 0.730. The van der Waals surface area contributed by atoms with E-state index in [4.69, 9.17) is 0 Å². The van der Waals surface area contributed by atoms with Crippen LogP contribution in [-0.4, -0.2) is 50.2 Å². The van der Waals surface area contributed by atoms with Gasteiger partial charge in [0.2, 0.25) is 0 Å². The van der Waals surface area contributed by atoms with Crippen molar-refractivity contribution in [2.24, 2.45) is 5.92 Å². The van der Waals surface area contributed by atoms with Gasteiger partial charge in [-0.25, -0.2) is 9.18 Å². The molecule has 2 atom stereocenters. The second kappa shape index (κ2) is 9.94. The van der Waals surface area contributed by atoms with E-state index in [1.54, 1.807) is 0 Å². The summed E-state index contributed by atoms with van der Waals surface area (Å²) in [6.07, 6.45) is 3.47. The first kappa shape index (κ1) is 20.7. The fourth-order valence-corrected chi connectivity index (χ4v) is 4.56. The maximum absolute atomic E-state index is 13.1. The van der Waals surface area contributed by atoms with Gasteiger partial charge in [0.05, 0.1) is 6.04 Å². The minimum atomic E-state index is -0.212. The molecule has 0 saturated carbocycles. The number of anilines is 1. The van der Waals surface area contributed by atoms with Gasteiger partial charge in [0.25, 0.3) is 0 Å². The third-order valence-corrected chi connectivity index (χ3v) is 6.25. The van der Waals surface area contributed by atoms with Crippen LogP contribution in [0.15, 0.2) is 54.6 Å². The molecule has 0 aliphatic carbocycles. The van der Waals surface area contributed by atoms with E-state index in [1.165, 1.54) is 30.5 Å². The lowest BCUT2D eigenvalue weighted by Gasteiger charge is -2.28. The number of halogens is 1. The third kappa shape index (κ3) is 5.30. The predicted octanol–water partition coefficient (Wildman–Crippen LogP) is 3.79. The van der Waals surface area contributed by atoms with Crippen LogP contribution in [0.4, 0.5) is 14.9 Å². The maximum Gasteiger partial charge on any atom is 0.314 e. The molecule has 2 N–H and O–H groups in total. The van der Waals surface area contributed by atoms with Crippen molar-refractivity contribution in [3.05, 3.63) is 66.0 Å². The number of nitrogens with one attached hydrogen (secondary N) is 2. The van der Waals surface area contributed by atoms with E-state index >= 15 is 0 Å². The number of carbonyl (C=O) groups excluding carboxylic acids is 1. The average molecular weight is 411 g/mol. The molecule has 160 valence electrons. The molecule has 30 heavy (non-hydrogen) atoms. The summed E-state index contributed by atoms with van der Waals surface area (Å²) in [4.78, 5) is 17.2. The Morgan fingerprint density at radius 3 is 2.47 bits per heavy atom. The topological polar surface area (TPSA) is 47.6 Å². The molecule has 0 bridgehead atoms. The maximum atomic E-state index is 13.1. The van der Waals surface area contributed by atoms with Gasteiger partial charge in [-0.15, -0.1) is 0 Å². The highest BCUT2D eigenvalue weighted by Crippen LogP contribution is 2.25. The average Bonchev–Trinajstić information content (AvgIpc) is 3.46. The first-order chi connectivity index (χ1) is 14.7. The van der Waals surface area contributed by atoms with Crippen molar-refractivity contribution in [3.8, 4) is 0 Å². The van der Waals surface area contributed by atoms with Crippen molar-refractivity contribution in [3.63, 3.8) is 0 Å². The van der Waals surface area contributed by atoms with Crippen LogP contribution in [0.25, 0.3) is 0 Å². The fraction of sp³-hybridized carbons (Fsp3) is 0.458. The van der Waals surface area contributed by atoms with Crippen LogP contribution in [-0.2, 0) is 0 Å². The van der Waals surface area contributed by atoms with Gasteiger partial charge in [-0.3, -0.25) is 4.90 Å². The first-order valence-corrected chi connectivity index (χ1v) is 11.0. The van der Waals surface area contributed by atoms with E-state index in [2.05, 4.69) is 44.7 Å². The summed E-state index contributed by atoms with van der Waals surface area (Å²) in [5, 5.41) is 6.13. The number of hydrogen-bond acceptors (Lipinski definition) is 3. The summed E-state index contributed by atoms with van der Waals surface area (Å²) >= 11 is 0. The number of hydrogen-bond donors (Lipinski definition) is 2. The SMILES string of the molecule is O=C(NC[C@H]1CCN(c2ccc(F)cc2)C1)NC[C@@H](c1ccccc1)N1CCCC1. The van der Waals surface area contributed by atoms with E-state index in [-0.39, 0.29) is 17.9 Å². The molecule has 4 rings (SSSR count). The van der Waals surface area contributed by atoms with E-state index in [0.717, 1.165) is 38.3 Å². The van der Waals surface area contributed by atoms with Crippen molar-refractivity contribution >= 4 is 11.7 Å². The van der Waals surface area contributed by atoms with Crippen molar-refractivity contribution in [2.45, 2.75) is 25.3 Å². The monoisotopic (exact) mass is 410 g/mol. The molecule has 0 radical (unpaired) electrons. The first-order valence-electron chi connectivity index (χ1n) is 11.0. The summed E-state index contributed by atoms with van der Waals surface area (Å²) < 4.78 is 13.1. The fourth-order valence-electron chi connectivity index (χ4n) is 4.56. The van der Waals surface area contributed by atoms with Gasteiger partial charge in [-0.1, -0.05) is 30.3 Å². The molecule has 2 aliphatic rings. The molecule has 0 spiro atoms. The van der Waals surface area contributed by atoms with Gasteiger partial charge >= 0.3 is 6.03 Å². The second-order valence-corrected chi connectivity index (χ2v) is 8.34. The van der Waals surface area contributed by atoms with Gasteiger partial charge in [0.1, 0.15) is 5.82 Å². The molecule has 2 aromatic rings. The molecule has 2 saturated heterocycles. The number of amides is 2. The van der Waals surface area contributed by atoms with E-state index in [9.17, 15) is 9.18 Å². The van der Waals surface area contributed by atoms with Crippen LogP contribution in [0.5, 0.6) is 0 Å². The van der Waals surface area contributed by atoms with Crippen LogP contribution in [0, 0.1) is 11.7 Å². The molecule has 0 unspecified atom stereocenters. The van der Waals surface area contributed by atoms with Crippen LogP contribution >= 0.6 is 0 Å². The highest BCUT2D eigenvalue weighted by molar-refractivity contribution is 5.73. The van der Waals surface area contributed by atoms with Gasteiger partial charge in [0, 0.05) is 31.9 Å². The van der Waals surface area contributed by atoms with Crippen LogP contribution < -0.4 is 15.5 Å². The number of rotatable bonds is 7. The number of nitrogens with zero attached hydrogens (tertiary/aromatic N) is 2. The Kier molecular flexibility index (Phi) is 6.84. The van der Waals surface area contributed by atoms with Crippen LogP contribution in [0.2, 0.25) is 0 Å². The smallest absolute Gasteiger partial charge is 0.314 e. The Bertz CT molecular complexity index is 808. The van der Waals surface area contributed by atoms with Gasteiger partial charge in [-0.2, -0.15) is 0 Å². The van der Waals surface area contributed by atoms with E-state index in [0.29, 0.717) is 19.0 Å². The lowest BCUT2D eigenvalue weighted by atomic mass is 10.1. The largest absolute Gasteiger partial charge is 0.371 e. The predicted molar refractivity (Wildman–Crippen MR) is 118 cm³/mol. The zero-order valence-corrected chi connectivity index (χ0v) is 17.4. The third-order valence-electron chi connectivity index (χ3n) is 6.25. The Labute approximate surface area is 178 Å². The molecule has 6 heteroatoms. The van der Waals surface area contributed by atoms with Crippen LogP contribution in [0.3, 0.4) is 0 Å². The molecule has 2 aliphatic heterocycles. The molecule has 0 aromatic heterocycles. The highest BCUT2D eigenvalue weighted by Gasteiger charge is 2.25. The summed E-state index contributed by atoms with van der Waals surface area (Å²) in [5.41, 5.74) is 2.30. The van der Waals surface area contributed by atoms with Crippen molar-refractivity contribution < 1.29 is 9.18 Å². The van der Waals surface area contributed by atoms with Crippen molar-refractivity contribution in [1.82, 2.24) is 15.5 Å². The number of likely N-dealkylation sites (tertiary alicyclic amines) is 1. The summed E-state index contributed by atoms with van der Waals surface area (Å²) in [7, 11) is 0. The van der Waals surface area contributed by atoms with Crippen LogP contribution in [0.1, 0.15) is 30.9 Å². The molecule has 2 fully saturated rings. The van der Waals surface area contributed by atoms with Gasteiger partial charge < -0.3 is 15.5 Å². The second-order valence-electron chi connectivity index (χ2n) is 8.34. The molecule has 2 heterocycles. The summed E-state index contributed by atoms with van der Waals surface area (Å²) in [6.45, 7) is 5.26. The molecular formula is C24H31FN4O. The lowest BCUT2D eigenvalue weighted by Crippen LogP contribution is -2.43.